The molecule has 3 nitrogen and oxygen atoms in total. The fourth-order valence-corrected chi connectivity index (χ4v) is 3.46. The van der Waals surface area contributed by atoms with Gasteiger partial charge in [0.05, 0.1) is 6.61 Å². The number of nitrogens with zero attached hydrogens (tertiary/aromatic N) is 1. The molecule has 0 heterocycles. The van der Waals surface area contributed by atoms with Gasteiger partial charge in [-0.3, -0.25) is 0 Å². The van der Waals surface area contributed by atoms with Gasteiger partial charge < -0.3 is 15.3 Å². The van der Waals surface area contributed by atoms with Crippen LogP contribution in [0.5, 0.6) is 0 Å². The lowest BCUT2D eigenvalue weighted by molar-refractivity contribution is 0.0553. The summed E-state index contributed by atoms with van der Waals surface area (Å²) in [6, 6.07) is 0.638. The smallest absolute Gasteiger partial charge is 0.0613 e. The molecule has 3 atom stereocenters. The van der Waals surface area contributed by atoms with Crippen molar-refractivity contribution >= 4 is 0 Å². The molecule has 0 bridgehead atoms. The highest BCUT2D eigenvalue weighted by Crippen LogP contribution is 2.31. The minimum absolute atomic E-state index is 0.0260. The topological polar surface area (TPSA) is 35.5 Å². The quantitative estimate of drug-likeness (QED) is 0.683. The number of hydrogen-bond acceptors (Lipinski definition) is 3. The Morgan fingerprint density at radius 2 is 2.10 bits per heavy atom. The molecule has 1 saturated carbocycles. The van der Waals surface area contributed by atoms with E-state index >= 15 is 0 Å². The van der Waals surface area contributed by atoms with Crippen LogP contribution in [-0.2, 0) is 0 Å². The zero-order valence-electron chi connectivity index (χ0n) is 14.1. The number of aliphatic hydroxyl groups is 1. The van der Waals surface area contributed by atoms with Gasteiger partial charge in [0.2, 0.25) is 0 Å². The summed E-state index contributed by atoms with van der Waals surface area (Å²) in [6.07, 6.45) is 7.15. The lowest BCUT2D eigenvalue weighted by Crippen LogP contribution is -2.56. The lowest BCUT2D eigenvalue weighted by Gasteiger charge is -2.45. The average molecular weight is 284 g/mol. The van der Waals surface area contributed by atoms with Gasteiger partial charge in [-0.2, -0.15) is 0 Å². The highest BCUT2D eigenvalue weighted by molar-refractivity contribution is 4.96. The van der Waals surface area contributed by atoms with Crippen LogP contribution in [-0.4, -0.2) is 47.8 Å². The van der Waals surface area contributed by atoms with Crippen LogP contribution in [0.25, 0.3) is 0 Å². The SMILES string of the molecule is CCCNC1(CO)CCCC(N(CC)CC(C)CC)C1. The Hall–Kier alpha value is -0.120. The molecule has 1 rings (SSSR count). The summed E-state index contributed by atoms with van der Waals surface area (Å²) in [4.78, 5) is 2.64. The van der Waals surface area contributed by atoms with Crippen LogP contribution < -0.4 is 5.32 Å². The molecule has 3 unspecified atom stereocenters. The molecular weight excluding hydrogens is 248 g/mol. The van der Waals surface area contributed by atoms with Crippen molar-refractivity contribution in [3.63, 3.8) is 0 Å². The minimum Gasteiger partial charge on any atom is -0.394 e. The standard InChI is InChI=1S/C17H36N2O/c1-5-11-18-17(14-20)10-8-9-16(12-17)19(7-3)13-15(4)6-2/h15-16,18,20H,5-14H2,1-4H3. The van der Waals surface area contributed by atoms with E-state index in [1.165, 1.54) is 25.8 Å². The van der Waals surface area contributed by atoms with Crippen LogP contribution in [0.4, 0.5) is 0 Å². The predicted octanol–water partition coefficient (Wildman–Crippen LogP) is 3.03. The summed E-state index contributed by atoms with van der Waals surface area (Å²) in [7, 11) is 0. The van der Waals surface area contributed by atoms with E-state index in [2.05, 4.69) is 37.9 Å². The van der Waals surface area contributed by atoms with Crippen LogP contribution >= 0.6 is 0 Å². The van der Waals surface area contributed by atoms with Crippen molar-refractivity contribution in [2.75, 3.05) is 26.2 Å². The molecule has 1 aliphatic carbocycles. The van der Waals surface area contributed by atoms with Crippen molar-refractivity contribution in [3.8, 4) is 0 Å². The van der Waals surface area contributed by atoms with Gasteiger partial charge in [0.1, 0.15) is 0 Å². The highest BCUT2D eigenvalue weighted by Gasteiger charge is 2.37. The maximum Gasteiger partial charge on any atom is 0.0613 e. The first kappa shape index (κ1) is 17.9. The van der Waals surface area contributed by atoms with E-state index in [0.29, 0.717) is 6.04 Å². The molecule has 2 N–H and O–H groups in total. The third kappa shape index (κ3) is 5.01. The number of hydrogen-bond donors (Lipinski definition) is 2. The molecule has 0 aromatic carbocycles. The highest BCUT2D eigenvalue weighted by atomic mass is 16.3. The van der Waals surface area contributed by atoms with Crippen molar-refractivity contribution in [2.45, 2.75) is 77.8 Å². The maximum absolute atomic E-state index is 9.89. The minimum atomic E-state index is -0.0260. The first-order chi connectivity index (χ1) is 9.60. The zero-order valence-corrected chi connectivity index (χ0v) is 14.1. The van der Waals surface area contributed by atoms with Gasteiger partial charge in [-0.05, 0) is 51.1 Å². The van der Waals surface area contributed by atoms with E-state index in [1.54, 1.807) is 0 Å². The number of nitrogens with one attached hydrogen (secondary N) is 1. The van der Waals surface area contributed by atoms with Gasteiger partial charge in [-0.15, -0.1) is 0 Å². The van der Waals surface area contributed by atoms with Gasteiger partial charge >= 0.3 is 0 Å². The van der Waals surface area contributed by atoms with E-state index in [0.717, 1.165) is 38.3 Å². The molecular formula is C17H36N2O. The van der Waals surface area contributed by atoms with Gasteiger partial charge in [0.15, 0.2) is 0 Å². The summed E-state index contributed by atoms with van der Waals surface area (Å²) in [5, 5.41) is 13.5. The molecule has 0 spiro atoms. The van der Waals surface area contributed by atoms with E-state index < -0.39 is 0 Å². The fourth-order valence-electron chi connectivity index (χ4n) is 3.46. The molecule has 3 heteroatoms. The molecule has 0 aliphatic heterocycles. The van der Waals surface area contributed by atoms with Gasteiger partial charge in [-0.1, -0.05) is 34.1 Å². The normalized spacial score (nSPS) is 28.8. The van der Waals surface area contributed by atoms with Crippen LogP contribution in [0.15, 0.2) is 0 Å². The van der Waals surface area contributed by atoms with Crippen LogP contribution in [0.1, 0.15) is 66.2 Å². The van der Waals surface area contributed by atoms with Crippen LogP contribution in [0.2, 0.25) is 0 Å². The molecule has 120 valence electrons. The van der Waals surface area contributed by atoms with Crippen LogP contribution in [0.3, 0.4) is 0 Å². The predicted molar refractivity (Wildman–Crippen MR) is 87.1 cm³/mol. The molecule has 1 fully saturated rings. The summed E-state index contributed by atoms with van der Waals surface area (Å²) < 4.78 is 0. The van der Waals surface area contributed by atoms with Gasteiger partial charge in [0, 0.05) is 18.1 Å². The van der Waals surface area contributed by atoms with Crippen molar-refractivity contribution < 1.29 is 5.11 Å². The molecule has 0 saturated heterocycles. The Balaban J connectivity index is 2.64. The Kier molecular flexibility index (Phi) is 8.08. The second-order valence-corrected chi connectivity index (χ2v) is 6.72. The first-order valence-electron chi connectivity index (χ1n) is 8.70. The zero-order chi connectivity index (χ0) is 15.0. The van der Waals surface area contributed by atoms with Crippen molar-refractivity contribution in [2.24, 2.45) is 5.92 Å². The summed E-state index contributed by atoms with van der Waals surface area (Å²) in [5.41, 5.74) is -0.0260. The molecule has 0 amide bonds. The molecule has 1 aliphatic rings. The monoisotopic (exact) mass is 284 g/mol. The molecule has 20 heavy (non-hydrogen) atoms. The van der Waals surface area contributed by atoms with E-state index in [-0.39, 0.29) is 12.1 Å². The first-order valence-corrected chi connectivity index (χ1v) is 8.70. The molecule has 0 radical (unpaired) electrons. The van der Waals surface area contributed by atoms with Crippen molar-refractivity contribution in [3.05, 3.63) is 0 Å². The largest absolute Gasteiger partial charge is 0.394 e. The van der Waals surface area contributed by atoms with Crippen molar-refractivity contribution in [1.29, 1.82) is 0 Å². The summed E-state index contributed by atoms with van der Waals surface area (Å²) in [6.45, 7) is 12.7. The molecule has 0 aromatic rings. The average Bonchev–Trinajstić information content (AvgIpc) is 2.50. The van der Waals surface area contributed by atoms with E-state index in [9.17, 15) is 5.11 Å². The summed E-state index contributed by atoms with van der Waals surface area (Å²) >= 11 is 0. The Labute approximate surface area is 126 Å². The Bertz CT molecular complexity index is 259. The fraction of sp³-hybridized carbons (Fsp3) is 1.00. The Morgan fingerprint density at radius 3 is 2.65 bits per heavy atom. The van der Waals surface area contributed by atoms with Gasteiger partial charge in [-0.25, -0.2) is 0 Å². The Morgan fingerprint density at radius 1 is 1.35 bits per heavy atom. The summed E-state index contributed by atoms with van der Waals surface area (Å²) in [5.74, 6) is 0.768. The van der Waals surface area contributed by atoms with Gasteiger partial charge in [0.25, 0.3) is 0 Å². The second kappa shape index (κ2) is 9.01. The van der Waals surface area contributed by atoms with E-state index in [4.69, 9.17) is 0 Å². The second-order valence-electron chi connectivity index (χ2n) is 6.72. The third-order valence-electron chi connectivity index (χ3n) is 5.04. The van der Waals surface area contributed by atoms with Crippen LogP contribution in [0, 0.1) is 5.92 Å². The molecule has 0 aromatic heterocycles. The van der Waals surface area contributed by atoms with E-state index in [1.807, 2.05) is 0 Å². The van der Waals surface area contributed by atoms with Crippen molar-refractivity contribution in [1.82, 2.24) is 10.2 Å². The third-order valence-corrected chi connectivity index (χ3v) is 5.04. The lowest BCUT2D eigenvalue weighted by atomic mass is 9.78. The number of aliphatic hydroxyl groups excluding tert-OH is 1. The maximum atomic E-state index is 9.89. The number of rotatable bonds is 9.